The van der Waals surface area contributed by atoms with Gasteiger partial charge in [-0.2, -0.15) is 0 Å². The van der Waals surface area contributed by atoms with Crippen molar-refractivity contribution in [2.75, 3.05) is 0 Å². The van der Waals surface area contributed by atoms with Crippen molar-refractivity contribution < 1.29 is 17.9 Å². The molecular formula is C20H21N3O4S2. The number of rotatable bonds is 7. The van der Waals surface area contributed by atoms with Crippen LogP contribution < -0.4 is 15.2 Å². The molecule has 0 spiro atoms. The number of sulfonamides is 1. The van der Waals surface area contributed by atoms with Crippen LogP contribution >= 0.6 is 11.3 Å². The maximum absolute atomic E-state index is 12.6. The minimum absolute atomic E-state index is 0.0277. The van der Waals surface area contributed by atoms with E-state index in [1.165, 1.54) is 12.1 Å². The molecule has 3 aromatic rings. The van der Waals surface area contributed by atoms with E-state index in [-0.39, 0.29) is 16.8 Å². The predicted molar refractivity (Wildman–Crippen MR) is 111 cm³/mol. The molecule has 3 N–H and O–H groups in total. The molecule has 0 bridgehead atoms. The van der Waals surface area contributed by atoms with Gasteiger partial charge >= 0.3 is 0 Å². The molecule has 1 heterocycles. The van der Waals surface area contributed by atoms with Crippen LogP contribution in [0.4, 0.5) is 0 Å². The Morgan fingerprint density at radius 1 is 1.24 bits per heavy atom. The topological polar surface area (TPSA) is 111 Å². The van der Waals surface area contributed by atoms with Gasteiger partial charge in [-0.25, -0.2) is 18.5 Å². The van der Waals surface area contributed by atoms with Crippen molar-refractivity contribution in [3.05, 3.63) is 75.7 Å². The summed E-state index contributed by atoms with van der Waals surface area (Å²) in [6.07, 6.45) is 0. The number of aromatic nitrogens is 1. The summed E-state index contributed by atoms with van der Waals surface area (Å²) in [7, 11) is -3.75. The summed E-state index contributed by atoms with van der Waals surface area (Å²) < 4.78 is 28.4. The Hall–Kier alpha value is -2.75. The second-order valence-corrected chi connectivity index (χ2v) is 9.11. The van der Waals surface area contributed by atoms with Gasteiger partial charge in [-0.3, -0.25) is 4.79 Å². The lowest BCUT2D eigenvalue weighted by Gasteiger charge is -2.15. The number of carbonyl (C=O) groups excluding carboxylic acids is 1. The number of benzene rings is 2. The van der Waals surface area contributed by atoms with E-state index in [4.69, 9.17) is 9.88 Å². The van der Waals surface area contributed by atoms with Crippen LogP contribution in [-0.4, -0.2) is 19.3 Å². The van der Waals surface area contributed by atoms with Crippen LogP contribution in [0.25, 0.3) is 0 Å². The van der Waals surface area contributed by atoms with Crippen LogP contribution in [0.5, 0.6) is 5.75 Å². The zero-order valence-corrected chi connectivity index (χ0v) is 17.6. The molecule has 3 rings (SSSR count). The summed E-state index contributed by atoms with van der Waals surface area (Å²) in [5.41, 5.74) is 2.07. The number of aryl methyl sites for hydroxylation is 1. The first-order valence-corrected chi connectivity index (χ1v) is 11.2. The number of primary sulfonamides is 1. The van der Waals surface area contributed by atoms with E-state index in [0.29, 0.717) is 17.9 Å². The van der Waals surface area contributed by atoms with Gasteiger partial charge < -0.3 is 10.1 Å². The molecule has 1 aromatic heterocycles. The van der Waals surface area contributed by atoms with E-state index >= 15 is 0 Å². The summed E-state index contributed by atoms with van der Waals surface area (Å²) in [5.74, 6) is 0.316. The summed E-state index contributed by atoms with van der Waals surface area (Å²) in [5, 5.41) is 10.9. The van der Waals surface area contributed by atoms with Crippen molar-refractivity contribution in [3.63, 3.8) is 0 Å². The molecule has 0 radical (unpaired) electrons. The first-order valence-electron chi connectivity index (χ1n) is 8.80. The molecule has 0 saturated carbocycles. The summed E-state index contributed by atoms with van der Waals surface area (Å²) in [4.78, 5) is 17.0. The van der Waals surface area contributed by atoms with E-state index in [2.05, 4.69) is 10.3 Å². The molecule has 2 aromatic carbocycles. The van der Waals surface area contributed by atoms with Crippen molar-refractivity contribution in [2.45, 2.75) is 31.4 Å². The number of nitrogens with zero attached hydrogens (tertiary/aromatic N) is 1. The van der Waals surface area contributed by atoms with Crippen LogP contribution in [0.1, 0.15) is 39.6 Å². The van der Waals surface area contributed by atoms with Crippen molar-refractivity contribution in [2.24, 2.45) is 5.14 Å². The quantitative estimate of drug-likeness (QED) is 0.597. The van der Waals surface area contributed by atoms with Gasteiger partial charge in [0.15, 0.2) is 0 Å². The second-order valence-electron chi connectivity index (χ2n) is 6.48. The number of hydrogen-bond acceptors (Lipinski definition) is 6. The molecule has 0 aliphatic carbocycles. The third kappa shape index (κ3) is 5.63. The number of ether oxygens (including phenoxy) is 1. The third-order valence-electron chi connectivity index (χ3n) is 4.21. The first kappa shape index (κ1) is 21.0. The molecule has 1 amide bonds. The second kappa shape index (κ2) is 8.73. The van der Waals surface area contributed by atoms with Crippen molar-refractivity contribution in [3.8, 4) is 5.75 Å². The molecule has 152 valence electrons. The lowest BCUT2D eigenvalue weighted by Crippen LogP contribution is -2.26. The highest BCUT2D eigenvalue weighted by atomic mass is 32.2. The average Bonchev–Trinajstić information content (AvgIpc) is 3.11. The predicted octanol–water partition coefficient (Wildman–Crippen LogP) is 3.17. The lowest BCUT2D eigenvalue weighted by atomic mass is 10.1. The number of nitrogens with one attached hydrogen (secondary N) is 1. The van der Waals surface area contributed by atoms with Gasteiger partial charge in [0, 0.05) is 10.9 Å². The number of nitrogens with two attached hydrogens (primary N) is 1. The average molecular weight is 432 g/mol. The lowest BCUT2D eigenvalue weighted by molar-refractivity contribution is 0.0939. The zero-order valence-electron chi connectivity index (χ0n) is 16.0. The molecule has 9 heteroatoms. The van der Waals surface area contributed by atoms with E-state index in [1.54, 1.807) is 47.7 Å². The van der Waals surface area contributed by atoms with E-state index < -0.39 is 10.0 Å². The van der Waals surface area contributed by atoms with Crippen LogP contribution in [0.2, 0.25) is 0 Å². The molecular weight excluding hydrogens is 410 g/mol. The van der Waals surface area contributed by atoms with Gasteiger partial charge in [0.2, 0.25) is 10.0 Å². The third-order valence-corrected chi connectivity index (χ3v) is 5.96. The fraction of sp³-hybridized carbons (Fsp3) is 0.200. The Morgan fingerprint density at radius 3 is 2.59 bits per heavy atom. The van der Waals surface area contributed by atoms with Gasteiger partial charge in [-0.05, 0) is 49.7 Å². The number of thiazole rings is 1. The molecule has 1 atom stereocenters. The summed E-state index contributed by atoms with van der Waals surface area (Å²) >= 11 is 1.56. The normalized spacial score (nSPS) is 12.4. The van der Waals surface area contributed by atoms with Gasteiger partial charge in [-0.15, -0.1) is 11.3 Å². The minimum atomic E-state index is -3.75. The number of amides is 1. The molecule has 7 nitrogen and oxygen atoms in total. The van der Waals surface area contributed by atoms with Crippen LogP contribution in [0, 0.1) is 6.92 Å². The summed E-state index contributed by atoms with van der Waals surface area (Å²) in [6.45, 7) is 4.08. The Balaban J connectivity index is 1.64. The van der Waals surface area contributed by atoms with E-state index in [9.17, 15) is 13.2 Å². The highest BCUT2D eigenvalue weighted by molar-refractivity contribution is 7.89. The van der Waals surface area contributed by atoms with Gasteiger partial charge in [0.1, 0.15) is 12.4 Å². The van der Waals surface area contributed by atoms with Gasteiger partial charge in [-0.1, -0.05) is 18.2 Å². The molecule has 29 heavy (non-hydrogen) atoms. The SMILES string of the molecule is Cc1nc(COc2cccc(C(=O)N[C@@H](C)c3ccc(S(N)(=O)=O)cc3)c2)cs1. The summed E-state index contributed by atoms with van der Waals surface area (Å²) in [6, 6.07) is 12.7. The first-order chi connectivity index (χ1) is 13.7. The van der Waals surface area contributed by atoms with Crippen molar-refractivity contribution >= 4 is 27.3 Å². The highest BCUT2D eigenvalue weighted by Crippen LogP contribution is 2.19. The number of hydrogen-bond donors (Lipinski definition) is 2. The zero-order chi connectivity index (χ0) is 21.0. The Kier molecular flexibility index (Phi) is 6.31. The van der Waals surface area contributed by atoms with Crippen molar-refractivity contribution in [1.82, 2.24) is 10.3 Å². The van der Waals surface area contributed by atoms with Crippen LogP contribution in [-0.2, 0) is 16.6 Å². The van der Waals surface area contributed by atoms with Gasteiger partial charge in [0.05, 0.1) is 21.6 Å². The molecule has 0 fully saturated rings. The fourth-order valence-electron chi connectivity index (χ4n) is 2.67. The Morgan fingerprint density at radius 2 is 1.97 bits per heavy atom. The Bertz CT molecular complexity index is 1110. The fourth-order valence-corrected chi connectivity index (χ4v) is 3.78. The largest absolute Gasteiger partial charge is 0.487 e. The van der Waals surface area contributed by atoms with Gasteiger partial charge in [0.25, 0.3) is 5.91 Å². The maximum Gasteiger partial charge on any atom is 0.251 e. The van der Waals surface area contributed by atoms with Crippen molar-refractivity contribution in [1.29, 1.82) is 0 Å². The standard InChI is InChI=1S/C20H21N3O4S2/c1-13(15-6-8-19(9-7-15)29(21,25)26)22-20(24)16-4-3-5-18(10-16)27-11-17-12-28-14(2)23-17/h3-10,12-13H,11H2,1-2H3,(H,22,24)(H2,21,25,26)/t13-/m0/s1. The van der Waals surface area contributed by atoms with E-state index in [1.807, 2.05) is 19.2 Å². The highest BCUT2D eigenvalue weighted by Gasteiger charge is 2.14. The molecule has 0 aliphatic heterocycles. The smallest absolute Gasteiger partial charge is 0.251 e. The monoisotopic (exact) mass is 431 g/mol. The maximum atomic E-state index is 12.6. The molecule has 0 aliphatic rings. The van der Waals surface area contributed by atoms with Crippen LogP contribution in [0.3, 0.4) is 0 Å². The van der Waals surface area contributed by atoms with E-state index in [0.717, 1.165) is 16.3 Å². The Labute approximate surface area is 173 Å². The minimum Gasteiger partial charge on any atom is -0.487 e. The molecule has 0 unspecified atom stereocenters. The molecule has 0 saturated heterocycles. The van der Waals surface area contributed by atoms with Crippen LogP contribution in [0.15, 0.2) is 58.8 Å². The number of carbonyl (C=O) groups is 1.